The number of aliphatic hydroxyl groups excluding tert-OH is 1. The number of β-lactam (4-membered cyclic amide) rings is 1. The fourth-order valence-electron chi connectivity index (χ4n) is 3.73. The summed E-state index contributed by atoms with van der Waals surface area (Å²) in [4.78, 5) is 49.3. The number of aliphatic hydroxyl groups is 1. The highest BCUT2D eigenvalue weighted by atomic mass is 32.2. The molecular weight excluding hydrogens is 442 g/mol. The van der Waals surface area contributed by atoms with Gasteiger partial charge in [-0.15, -0.1) is 11.8 Å². The van der Waals surface area contributed by atoms with Crippen LogP contribution in [0.5, 0.6) is 0 Å². The van der Waals surface area contributed by atoms with Crippen LogP contribution in [0, 0.1) is 16.0 Å². The van der Waals surface area contributed by atoms with Gasteiger partial charge in [0.15, 0.2) is 0 Å². The van der Waals surface area contributed by atoms with Gasteiger partial charge in [0.05, 0.1) is 23.0 Å². The second-order valence-electron chi connectivity index (χ2n) is 7.57. The number of nitro groups is 1. The number of hydrogen-bond donors (Lipinski definition) is 2. The molecule has 172 valence electrons. The first-order valence-corrected chi connectivity index (χ1v) is 10.8. The lowest BCUT2D eigenvalue weighted by Crippen LogP contribution is -2.61. The second kappa shape index (κ2) is 9.57. The highest BCUT2D eigenvalue weighted by Gasteiger charge is 2.56. The lowest BCUT2D eigenvalue weighted by molar-refractivity contribution is -0.384. The van der Waals surface area contributed by atoms with E-state index in [1.165, 1.54) is 52.8 Å². The molecule has 3 atom stereocenters. The van der Waals surface area contributed by atoms with Crippen molar-refractivity contribution in [2.75, 3.05) is 19.3 Å². The highest BCUT2D eigenvalue weighted by molar-refractivity contribution is 8.03. The molecule has 3 rings (SSSR count). The number of benzene rings is 1. The molecule has 2 aliphatic rings. The molecule has 0 saturated carbocycles. The quantitative estimate of drug-likeness (QED) is 0.316. The number of carbonyl (C=O) groups excluding carboxylic acids is 2. The summed E-state index contributed by atoms with van der Waals surface area (Å²) < 4.78 is 5.19. The first-order valence-electron chi connectivity index (χ1n) is 9.83. The van der Waals surface area contributed by atoms with Gasteiger partial charge in [-0.3, -0.25) is 14.9 Å². The number of nitrogens with zero attached hydrogens (tertiary/aromatic N) is 3. The van der Waals surface area contributed by atoms with E-state index in [-0.39, 0.29) is 36.5 Å². The molecular formula is C20H23N3O8S. The van der Waals surface area contributed by atoms with E-state index < -0.39 is 29.0 Å². The standard InChI is InChI=1S/C20H23N3O8S/c1-11(24)16-14-9-15(17(19(26)27)22(14)18(16)25)32-8-7-21(2)20(28)31-10-12-3-5-13(6-4-12)23(29)30/h3-6,11,14,16,24H,7-10H2,1-2H3,(H,26,27)/t11-,14-,16-/m1/s1. The van der Waals surface area contributed by atoms with E-state index in [0.29, 0.717) is 22.6 Å². The predicted octanol–water partition coefficient (Wildman–Crippen LogP) is 1.80. The molecule has 0 aliphatic carbocycles. The van der Waals surface area contributed by atoms with E-state index >= 15 is 0 Å². The molecule has 0 aromatic heterocycles. The summed E-state index contributed by atoms with van der Waals surface area (Å²) >= 11 is 1.26. The zero-order chi connectivity index (χ0) is 23.6. The molecule has 1 saturated heterocycles. The molecule has 0 radical (unpaired) electrons. The molecule has 0 bridgehead atoms. The molecule has 2 aliphatic heterocycles. The van der Waals surface area contributed by atoms with Gasteiger partial charge in [-0.05, 0) is 24.6 Å². The number of amides is 2. The molecule has 0 unspecified atom stereocenters. The molecule has 32 heavy (non-hydrogen) atoms. The number of carbonyl (C=O) groups is 3. The van der Waals surface area contributed by atoms with Crippen LogP contribution in [-0.4, -0.2) is 74.4 Å². The van der Waals surface area contributed by atoms with Gasteiger partial charge in [-0.1, -0.05) is 0 Å². The summed E-state index contributed by atoms with van der Waals surface area (Å²) in [5, 5.41) is 30.0. The molecule has 12 heteroatoms. The van der Waals surface area contributed by atoms with Crippen molar-refractivity contribution < 1.29 is 34.3 Å². The predicted molar refractivity (Wildman–Crippen MR) is 113 cm³/mol. The summed E-state index contributed by atoms with van der Waals surface area (Å²) in [5.41, 5.74) is 0.503. The summed E-state index contributed by atoms with van der Waals surface area (Å²) in [5.74, 6) is -1.78. The van der Waals surface area contributed by atoms with Crippen LogP contribution in [0.15, 0.2) is 34.9 Å². The van der Waals surface area contributed by atoms with Crippen molar-refractivity contribution in [3.05, 3.63) is 50.5 Å². The number of hydrogen-bond acceptors (Lipinski definition) is 8. The highest BCUT2D eigenvalue weighted by Crippen LogP contribution is 2.46. The normalized spacial score (nSPS) is 20.5. The average molecular weight is 465 g/mol. The van der Waals surface area contributed by atoms with Gasteiger partial charge in [0, 0.05) is 42.8 Å². The topological polar surface area (TPSA) is 151 Å². The number of carboxylic acid groups (broad SMARTS) is 1. The molecule has 1 aromatic rings. The van der Waals surface area contributed by atoms with Crippen molar-refractivity contribution in [2.45, 2.75) is 32.1 Å². The van der Waals surface area contributed by atoms with Gasteiger partial charge in [-0.25, -0.2) is 9.59 Å². The zero-order valence-electron chi connectivity index (χ0n) is 17.5. The van der Waals surface area contributed by atoms with Gasteiger partial charge in [0.1, 0.15) is 12.3 Å². The third-order valence-electron chi connectivity index (χ3n) is 5.41. The number of ether oxygens (including phenoxy) is 1. The summed E-state index contributed by atoms with van der Waals surface area (Å²) in [6, 6.07) is 5.32. The van der Waals surface area contributed by atoms with Crippen LogP contribution in [0.25, 0.3) is 0 Å². The van der Waals surface area contributed by atoms with Crippen LogP contribution in [-0.2, 0) is 20.9 Å². The molecule has 11 nitrogen and oxygen atoms in total. The van der Waals surface area contributed by atoms with Crippen LogP contribution < -0.4 is 0 Å². The Kier molecular flexibility index (Phi) is 7.04. The van der Waals surface area contributed by atoms with Gasteiger partial charge >= 0.3 is 12.1 Å². The Morgan fingerprint density at radius 1 is 1.38 bits per heavy atom. The Bertz CT molecular complexity index is 962. The number of non-ortho nitro benzene ring substituents is 1. The Morgan fingerprint density at radius 3 is 2.59 bits per heavy atom. The third-order valence-corrected chi connectivity index (χ3v) is 6.51. The van der Waals surface area contributed by atoms with Gasteiger partial charge < -0.3 is 24.7 Å². The maximum Gasteiger partial charge on any atom is 0.409 e. The van der Waals surface area contributed by atoms with Crippen LogP contribution in [0.2, 0.25) is 0 Å². The van der Waals surface area contributed by atoms with Crippen LogP contribution >= 0.6 is 11.8 Å². The number of thioether (sulfide) groups is 1. The zero-order valence-corrected chi connectivity index (χ0v) is 18.3. The smallest absolute Gasteiger partial charge is 0.409 e. The SMILES string of the molecule is C[C@@H](O)[C@H]1C(=O)N2C(C(=O)O)=C(SCCN(C)C(=O)OCc3ccc([N+](=O)[O-])cc3)C[C@H]12. The second-order valence-corrected chi connectivity index (χ2v) is 8.76. The first kappa shape index (κ1) is 23.5. The summed E-state index contributed by atoms with van der Waals surface area (Å²) in [7, 11) is 1.54. The van der Waals surface area contributed by atoms with E-state index in [4.69, 9.17) is 4.74 Å². The van der Waals surface area contributed by atoms with Gasteiger partial charge in [-0.2, -0.15) is 0 Å². The minimum Gasteiger partial charge on any atom is -0.477 e. The van der Waals surface area contributed by atoms with E-state index in [0.717, 1.165) is 0 Å². The molecule has 1 fully saturated rings. The van der Waals surface area contributed by atoms with Crippen molar-refractivity contribution in [1.29, 1.82) is 0 Å². The number of rotatable bonds is 9. The number of carboxylic acids is 1. The number of nitro benzene ring substituents is 1. The van der Waals surface area contributed by atoms with Crippen LogP contribution in [0.3, 0.4) is 0 Å². The Balaban J connectivity index is 1.49. The van der Waals surface area contributed by atoms with Gasteiger partial charge in [0.2, 0.25) is 5.91 Å². The average Bonchev–Trinajstić information content (AvgIpc) is 3.06. The molecule has 0 spiro atoms. The maximum atomic E-state index is 12.2. The van der Waals surface area contributed by atoms with Crippen molar-refractivity contribution in [3.8, 4) is 0 Å². The minimum atomic E-state index is -1.19. The lowest BCUT2D eigenvalue weighted by atomic mass is 9.83. The molecule has 1 aromatic carbocycles. The fraction of sp³-hybridized carbons (Fsp3) is 0.450. The number of fused-ring (bicyclic) bond motifs is 1. The molecule has 2 amide bonds. The van der Waals surface area contributed by atoms with E-state index in [2.05, 4.69) is 0 Å². The minimum absolute atomic E-state index is 0.0396. The van der Waals surface area contributed by atoms with Crippen molar-refractivity contribution >= 4 is 35.4 Å². The Morgan fingerprint density at radius 2 is 2.03 bits per heavy atom. The largest absolute Gasteiger partial charge is 0.477 e. The Hall–Kier alpha value is -3.12. The van der Waals surface area contributed by atoms with Crippen molar-refractivity contribution in [2.24, 2.45) is 5.92 Å². The summed E-state index contributed by atoms with van der Waals surface area (Å²) in [6.07, 6.45) is -1.07. The molecule has 2 heterocycles. The van der Waals surface area contributed by atoms with E-state index in [1.54, 1.807) is 7.05 Å². The van der Waals surface area contributed by atoms with E-state index in [9.17, 15) is 34.7 Å². The van der Waals surface area contributed by atoms with Gasteiger partial charge in [0.25, 0.3) is 5.69 Å². The summed E-state index contributed by atoms with van der Waals surface area (Å²) in [6.45, 7) is 1.75. The lowest BCUT2D eigenvalue weighted by Gasteiger charge is -2.44. The van der Waals surface area contributed by atoms with Crippen LogP contribution in [0.1, 0.15) is 18.9 Å². The first-order chi connectivity index (χ1) is 15.1. The number of aliphatic carboxylic acids is 1. The monoisotopic (exact) mass is 465 g/mol. The fourth-order valence-corrected chi connectivity index (χ4v) is 4.95. The van der Waals surface area contributed by atoms with E-state index in [1.807, 2.05) is 0 Å². The van der Waals surface area contributed by atoms with Crippen molar-refractivity contribution in [3.63, 3.8) is 0 Å². The van der Waals surface area contributed by atoms with Crippen molar-refractivity contribution in [1.82, 2.24) is 9.80 Å². The third kappa shape index (κ3) is 4.70. The Labute approximate surface area is 187 Å². The maximum absolute atomic E-state index is 12.2. The van der Waals surface area contributed by atoms with Crippen LogP contribution in [0.4, 0.5) is 10.5 Å². The molecule has 2 N–H and O–H groups in total.